The van der Waals surface area contributed by atoms with E-state index in [1.807, 2.05) is 17.7 Å². The monoisotopic (exact) mass is 224 g/mol. The Morgan fingerprint density at radius 1 is 1.38 bits per heavy atom. The zero-order valence-corrected chi connectivity index (χ0v) is 9.85. The van der Waals surface area contributed by atoms with E-state index in [4.69, 9.17) is 10.5 Å². The third kappa shape index (κ3) is 2.96. The quantitative estimate of drug-likeness (QED) is 0.809. The van der Waals surface area contributed by atoms with Gasteiger partial charge in [0.25, 0.3) is 0 Å². The molecule has 0 bridgehead atoms. The molecule has 90 valence electrons. The van der Waals surface area contributed by atoms with Crippen LogP contribution in [0.25, 0.3) is 0 Å². The first kappa shape index (κ1) is 11.4. The number of nitrogens with zero attached hydrogens (tertiary/aromatic N) is 3. The van der Waals surface area contributed by atoms with Crippen molar-refractivity contribution in [3.05, 3.63) is 11.9 Å². The van der Waals surface area contributed by atoms with Crippen LogP contribution in [-0.2, 0) is 11.3 Å². The second-order valence-corrected chi connectivity index (χ2v) is 4.24. The number of ether oxygens (including phenoxy) is 1. The van der Waals surface area contributed by atoms with Crippen LogP contribution in [0.3, 0.4) is 0 Å². The summed E-state index contributed by atoms with van der Waals surface area (Å²) in [4.78, 5) is 6.62. The fourth-order valence-electron chi connectivity index (χ4n) is 2.03. The predicted octanol–water partition coefficient (Wildman–Crippen LogP) is 0.496. The zero-order valence-electron chi connectivity index (χ0n) is 9.85. The van der Waals surface area contributed by atoms with Crippen LogP contribution in [-0.4, -0.2) is 47.3 Å². The van der Waals surface area contributed by atoms with Crippen molar-refractivity contribution in [2.75, 3.05) is 38.6 Å². The molecule has 0 unspecified atom stereocenters. The van der Waals surface area contributed by atoms with E-state index in [0.717, 1.165) is 51.5 Å². The molecule has 1 saturated heterocycles. The SMILES string of the molecule is Cc1cn(CCCN2CCOCC2)c(N)n1. The maximum Gasteiger partial charge on any atom is 0.200 e. The van der Waals surface area contributed by atoms with Crippen molar-refractivity contribution in [1.29, 1.82) is 0 Å². The average Bonchev–Trinajstić information content (AvgIpc) is 2.59. The summed E-state index contributed by atoms with van der Waals surface area (Å²) < 4.78 is 7.33. The lowest BCUT2D eigenvalue weighted by molar-refractivity contribution is 0.0369. The third-order valence-corrected chi connectivity index (χ3v) is 2.90. The Labute approximate surface area is 96.2 Å². The molecule has 1 fully saturated rings. The van der Waals surface area contributed by atoms with Gasteiger partial charge < -0.3 is 15.0 Å². The Morgan fingerprint density at radius 3 is 2.75 bits per heavy atom. The van der Waals surface area contributed by atoms with Crippen LogP contribution in [0.15, 0.2) is 6.20 Å². The fourth-order valence-corrected chi connectivity index (χ4v) is 2.03. The number of morpholine rings is 1. The first-order valence-corrected chi connectivity index (χ1v) is 5.85. The number of rotatable bonds is 4. The van der Waals surface area contributed by atoms with Gasteiger partial charge in [0.05, 0.1) is 18.9 Å². The molecule has 2 N–H and O–H groups in total. The summed E-state index contributed by atoms with van der Waals surface area (Å²) in [6, 6.07) is 0. The van der Waals surface area contributed by atoms with Gasteiger partial charge in [-0.25, -0.2) is 4.98 Å². The number of imidazole rings is 1. The largest absolute Gasteiger partial charge is 0.379 e. The van der Waals surface area contributed by atoms with Crippen molar-refractivity contribution < 1.29 is 4.74 Å². The minimum atomic E-state index is 0.625. The Hall–Kier alpha value is -1.07. The van der Waals surface area contributed by atoms with Gasteiger partial charge >= 0.3 is 0 Å². The second kappa shape index (κ2) is 5.32. The molecule has 0 atom stereocenters. The Morgan fingerprint density at radius 2 is 2.12 bits per heavy atom. The zero-order chi connectivity index (χ0) is 11.4. The van der Waals surface area contributed by atoms with Gasteiger partial charge in [0.2, 0.25) is 0 Å². The van der Waals surface area contributed by atoms with Crippen LogP contribution < -0.4 is 5.73 Å². The Balaban J connectivity index is 1.73. The summed E-state index contributed by atoms with van der Waals surface area (Å²) in [5, 5.41) is 0. The van der Waals surface area contributed by atoms with E-state index in [1.165, 1.54) is 0 Å². The molecule has 1 aromatic heterocycles. The number of anilines is 1. The summed E-state index contributed by atoms with van der Waals surface area (Å²) in [6.45, 7) is 7.87. The molecule has 2 rings (SSSR count). The van der Waals surface area contributed by atoms with Gasteiger partial charge in [-0.15, -0.1) is 0 Å². The summed E-state index contributed by atoms with van der Waals surface area (Å²) >= 11 is 0. The van der Waals surface area contributed by atoms with E-state index in [1.54, 1.807) is 0 Å². The Bertz CT molecular complexity index is 331. The molecule has 1 aliphatic heterocycles. The van der Waals surface area contributed by atoms with E-state index in [-0.39, 0.29) is 0 Å². The lowest BCUT2D eigenvalue weighted by atomic mass is 10.3. The maximum atomic E-state index is 5.78. The summed E-state index contributed by atoms with van der Waals surface area (Å²) in [5.74, 6) is 0.625. The lowest BCUT2D eigenvalue weighted by Crippen LogP contribution is -2.37. The van der Waals surface area contributed by atoms with E-state index in [0.29, 0.717) is 5.95 Å². The van der Waals surface area contributed by atoms with Gasteiger partial charge in [0, 0.05) is 32.4 Å². The molecule has 1 aromatic rings. The number of nitrogen functional groups attached to an aromatic ring is 1. The molecule has 0 radical (unpaired) electrons. The molecule has 0 aromatic carbocycles. The highest BCUT2D eigenvalue weighted by atomic mass is 16.5. The highest BCUT2D eigenvalue weighted by Crippen LogP contribution is 2.06. The molecule has 0 aliphatic carbocycles. The third-order valence-electron chi connectivity index (χ3n) is 2.90. The van der Waals surface area contributed by atoms with Crippen LogP contribution in [0.4, 0.5) is 5.95 Å². The van der Waals surface area contributed by atoms with Gasteiger partial charge in [-0.2, -0.15) is 0 Å². The molecule has 2 heterocycles. The number of aromatic nitrogens is 2. The highest BCUT2D eigenvalue weighted by molar-refractivity contribution is 5.20. The summed E-state index contributed by atoms with van der Waals surface area (Å²) in [5.41, 5.74) is 6.77. The van der Waals surface area contributed by atoms with Gasteiger partial charge in [0.15, 0.2) is 5.95 Å². The topological polar surface area (TPSA) is 56.3 Å². The fraction of sp³-hybridized carbons (Fsp3) is 0.727. The van der Waals surface area contributed by atoms with Crippen molar-refractivity contribution in [3.63, 3.8) is 0 Å². The smallest absolute Gasteiger partial charge is 0.200 e. The van der Waals surface area contributed by atoms with Crippen LogP contribution in [0, 0.1) is 6.92 Å². The molecule has 16 heavy (non-hydrogen) atoms. The van der Waals surface area contributed by atoms with Gasteiger partial charge in [-0.05, 0) is 13.3 Å². The number of aryl methyl sites for hydroxylation is 2. The first-order valence-electron chi connectivity index (χ1n) is 5.85. The molecule has 5 heteroatoms. The predicted molar refractivity (Wildman–Crippen MR) is 63.3 cm³/mol. The summed E-state index contributed by atoms with van der Waals surface area (Å²) in [7, 11) is 0. The molecule has 5 nitrogen and oxygen atoms in total. The normalized spacial score (nSPS) is 17.8. The molecule has 1 aliphatic rings. The molecular weight excluding hydrogens is 204 g/mol. The van der Waals surface area contributed by atoms with Crippen molar-refractivity contribution in [2.45, 2.75) is 19.9 Å². The second-order valence-electron chi connectivity index (χ2n) is 4.24. The van der Waals surface area contributed by atoms with Crippen molar-refractivity contribution in [3.8, 4) is 0 Å². The van der Waals surface area contributed by atoms with Crippen LogP contribution in [0.5, 0.6) is 0 Å². The minimum Gasteiger partial charge on any atom is -0.379 e. The maximum absolute atomic E-state index is 5.78. The van der Waals surface area contributed by atoms with Crippen LogP contribution >= 0.6 is 0 Å². The van der Waals surface area contributed by atoms with Crippen molar-refractivity contribution >= 4 is 5.95 Å². The highest BCUT2D eigenvalue weighted by Gasteiger charge is 2.09. The van der Waals surface area contributed by atoms with Gasteiger partial charge in [0.1, 0.15) is 0 Å². The molecule has 0 spiro atoms. The number of hydrogen-bond acceptors (Lipinski definition) is 4. The van der Waals surface area contributed by atoms with E-state index in [2.05, 4.69) is 9.88 Å². The summed E-state index contributed by atoms with van der Waals surface area (Å²) in [6.07, 6.45) is 3.12. The van der Waals surface area contributed by atoms with Crippen molar-refractivity contribution in [2.24, 2.45) is 0 Å². The Kier molecular flexibility index (Phi) is 3.79. The van der Waals surface area contributed by atoms with Gasteiger partial charge in [-0.3, -0.25) is 4.90 Å². The van der Waals surface area contributed by atoms with Crippen molar-refractivity contribution in [1.82, 2.24) is 14.5 Å². The number of nitrogens with two attached hydrogens (primary N) is 1. The van der Waals surface area contributed by atoms with Gasteiger partial charge in [-0.1, -0.05) is 0 Å². The average molecular weight is 224 g/mol. The molecule has 0 saturated carbocycles. The number of hydrogen-bond donors (Lipinski definition) is 1. The minimum absolute atomic E-state index is 0.625. The standard InChI is InChI=1S/C11H20N4O/c1-10-9-15(11(12)13-10)4-2-3-14-5-7-16-8-6-14/h9H,2-8H2,1H3,(H2,12,13). The van der Waals surface area contributed by atoms with E-state index >= 15 is 0 Å². The van der Waals surface area contributed by atoms with Crippen LogP contribution in [0.1, 0.15) is 12.1 Å². The lowest BCUT2D eigenvalue weighted by Gasteiger charge is -2.26. The van der Waals surface area contributed by atoms with E-state index < -0.39 is 0 Å². The molecule has 0 amide bonds. The van der Waals surface area contributed by atoms with Crippen LogP contribution in [0.2, 0.25) is 0 Å². The molecular formula is C11H20N4O. The van der Waals surface area contributed by atoms with E-state index in [9.17, 15) is 0 Å². The first-order chi connectivity index (χ1) is 7.75.